The molecule has 1 amide bonds. The lowest BCUT2D eigenvalue weighted by molar-refractivity contribution is -0.109. The number of primary amides is 1. The Morgan fingerprint density at radius 2 is 2.03 bits per heavy atom. The van der Waals surface area contributed by atoms with Crippen molar-refractivity contribution < 1.29 is 42.2 Å². The number of hydrogen-bond acceptors (Lipinski definition) is 9. The average Bonchev–Trinajstić information content (AvgIpc) is 3.10. The molecule has 2 aromatic rings. The molecule has 16 heteroatoms. The molecule has 0 saturated carbocycles. The summed E-state index contributed by atoms with van der Waals surface area (Å²) < 4.78 is 38.6. The van der Waals surface area contributed by atoms with E-state index in [9.17, 15) is 18.8 Å². The third kappa shape index (κ3) is 4.81. The fourth-order valence-electron chi connectivity index (χ4n) is 3.64. The minimum absolute atomic E-state index is 0.0833. The molecule has 1 aliphatic rings. The number of nitrogens with zero attached hydrogens (tertiary/aromatic N) is 3. The lowest BCUT2D eigenvalue weighted by Crippen LogP contribution is -2.35. The van der Waals surface area contributed by atoms with E-state index < -0.39 is 40.0 Å². The maximum atomic E-state index is 12.0. The van der Waals surface area contributed by atoms with Gasteiger partial charge in [-0.05, 0) is 20.3 Å². The smallest absolute Gasteiger partial charge is 0.383 e. The van der Waals surface area contributed by atoms with Crippen molar-refractivity contribution in [2.75, 3.05) is 12.3 Å². The molecule has 2 aromatic heterocycles. The molecule has 3 heterocycles. The van der Waals surface area contributed by atoms with Crippen LogP contribution < -0.4 is 11.5 Å². The van der Waals surface area contributed by atoms with Crippen molar-refractivity contribution in [1.82, 2.24) is 14.5 Å². The molecule has 0 aromatic carbocycles. The van der Waals surface area contributed by atoms with Crippen molar-refractivity contribution in [3.05, 3.63) is 17.6 Å². The molecule has 1 fully saturated rings. The van der Waals surface area contributed by atoms with E-state index in [1.54, 1.807) is 18.4 Å². The number of phosphoric acid groups is 2. The predicted octanol–water partition coefficient (Wildman–Crippen LogP) is 0.745. The van der Waals surface area contributed by atoms with Crippen molar-refractivity contribution in [3.8, 4) is 0 Å². The van der Waals surface area contributed by atoms with Crippen LogP contribution in [0.25, 0.3) is 11.0 Å². The lowest BCUT2D eigenvalue weighted by atomic mass is 9.97. The molecule has 172 valence electrons. The highest BCUT2D eigenvalue weighted by Gasteiger charge is 2.46. The maximum absolute atomic E-state index is 12.0. The van der Waals surface area contributed by atoms with Gasteiger partial charge in [0.05, 0.1) is 23.7 Å². The monoisotopic (exact) mass is 479 g/mol. The van der Waals surface area contributed by atoms with Crippen LogP contribution in [0.3, 0.4) is 0 Å². The third-order valence-electron chi connectivity index (χ3n) is 5.10. The molecule has 0 aliphatic carbocycles. The first-order valence-corrected chi connectivity index (χ1v) is 12.0. The van der Waals surface area contributed by atoms with E-state index in [0.717, 1.165) is 0 Å². The molecule has 7 N–H and O–H groups in total. The number of carbonyl (C=O) groups excluding carboxylic acids is 1. The largest absolute Gasteiger partial charge is 0.481 e. The second kappa shape index (κ2) is 7.91. The molecule has 31 heavy (non-hydrogen) atoms. The van der Waals surface area contributed by atoms with Crippen molar-refractivity contribution >= 4 is 38.4 Å². The van der Waals surface area contributed by atoms with E-state index in [2.05, 4.69) is 18.8 Å². The van der Waals surface area contributed by atoms with E-state index in [0.29, 0.717) is 17.9 Å². The first kappa shape index (κ1) is 23.8. The zero-order valence-electron chi connectivity index (χ0n) is 16.8. The molecule has 0 bridgehead atoms. The van der Waals surface area contributed by atoms with Gasteiger partial charge in [0.2, 0.25) is 0 Å². The molecular weight excluding hydrogens is 456 g/mol. The number of amides is 1. The third-order valence-corrected chi connectivity index (χ3v) is 7.25. The Morgan fingerprint density at radius 1 is 1.39 bits per heavy atom. The second-order valence-corrected chi connectivity index (χ2v) is 10.2. The summed E-state index contributed by atoms with van der Waals surface area (Å²) in [5.41, 5.74) is 10.8. The molecule has 3 rings (SSSR count). The standard InChI is InChI=1S/C15H23N5O9P2/c1-7-4-9(6-27-31(25,26)29-30(22,23)24)28-15(7,3)20-5-10(13(17)21)11-12(16)18-8(2)19-14(11)20/h5,7,9H,4,6H2,1-3H3,(H2,17,21)(H,25,26)(H2,16,18,19)(H2,22,23,24)/t7-,9+,15-/m1/s1. The van der Waals surface area contributed by atoms with Gasteiger partial charge in [-0.3, -0.25) is 9.32 Å². The van der Waals surface area contributed by atoms with Gasteiger partial charge >= 0.3 is 15.6 Å². The molecule has 0 spiro atoms. The molecule has 4 atom stereocenters. The quantitative estimate of drug-likeness (QED) is 0.347. The van der Waals surface area contributed by atoms with Crippen LogP contribution in [0.1, 0.15) is 36.5 Å². The molecule has 1 aliphatic heterocycles. The van der Waals surface area contributed by atoms with Gasteiger partial charge in [0.15, 0.2) is 0 Å². The highest BCUT2D eigenvalue weighted by atomic mass is 31.3. The van der Waals surface area contributed by atoms with E-state index in [1.807, 2.05) is 6.92 Å². The van der Waals surface area contributed by atoms with E-state index in [-0.39, 0.29) is 22.7 Å². The fourth-order valence-corrected chi connectivity index (χ4v) is 5.26. The van der Waals surface area contributed by atoms with Gasteiger partial charge in [-0.2, -0.15) is 4.31 Å². The fraction of sp³-hybridized carbons (Fsp3) is 0.533. The van der Waals surface area contributed by atoms with Crippen LogP contribution in [0.15, 0.2) is 6.20 Å². The Balaban J connectivity index is 1.92. The Morgan fingerprint density at radius 3 is 2.61 bits per heavy atom. The van der Waals surface area contributed by atoms with E-state index in [4.69, 9.17) is 26.0 Å². The number of nitrogens with two attached hydrogens (primary N) is 2. The number of hydrogen-bond donors (Lipinski definition) is 5. The minimum atomic E-state index is -5.23. The Kier molecular flexibility index (Phi) is 6.06. The number of fused-ring (bicyclic) bond motifs is 1. The van der Waals surface area contributed by atoms with E-state index >= 15 is 0 Å². The normalized spacial score (nSPS) is 26.3. The van der Waals surface area contributed by atoms with Crippen molar-refractivity contribution in [3.63, 3.8) is 0 Å². The second-order valence-electron chi connectivity index (χ2n) is 7.40. The number of aromatic nitrogens is 3. The molecule has 1 unspecified atom stereocenters. The van der Waals surface area contributed by atoms with Gasteiger partial charge in [-0.1, -0.05) is 6.92 Å². The summed E-state index contributed by atoms with van der Waals surface area (Å²) in [7, 11) is -10.2. The highest BCUT2D eigenvalue weighted by Crippen LogP contribution is 2.58. The maximum Gasteiger partial charge on any atom is 0.481 e. The van der Waals surface area contributed by atoms with Crippen LogP contribution >= 0.6 is 15.6 Å². The number of nitrogen functional groups attached to an aromatic ring is 1. The van der Waals surface area contributed by atoms with Crippen molar-refractivity contribution in [1.29, 1.82) is 0 Å². The summed E-state index contributed by atoms with van der Waals surface area (Å²) in [6.07, 6.45) is 1.07. The number of phosphoric ester groups is 1. The Bertz CT molecular complexity index is 1130. The molecule has 0 radical (unpaired) electrons. The molecule has 14 nitrogen and oxygen atoms in total. The number of rotatable bonds is 7. The molecule has 1 saturated heterocycles. The summed E-state index contributed by atoms with van der Waals surface area (Å²) in [6, 6.07) is 0. The van der Waals surface area contributed by atoms with Crippen molar-refractivity contribution in [2.45, 2.75) is 39.0 Å². The zero-order valence-corrected chi connectivity index (χ0v) is 18.6. The summed E-state index contributed by atoms with van der Waals surface area (Å²) >= 11 is 0. The van der Waals surface area contributed by atoms with Crippen LogP contribution in [0.2, 0.25) is 0 Å². The van der Waals surface area contributed by atoms with Crippen LogP contribution in [-0.4, -0.2) is 47.8 Å². The summed E-state index contributed by atoms with van der Waals surface area (Å²) in [6.45, 7) is 4.72. The Hall–Kier alpha value is -1.89. The first-order valence-electron chi connectivity index (χ1n) is 9.00. The number of carbonyl (C=O) groups is 1. The van der Waals surface area contributed by atoms with Gasteiger partial charge in [0, 0.05) is 12.1 Å². The zero-order chi connectivity index (χ0) is 23.4. The molecular formula is C15H23N5O9P2. The minimum Gasteiger partial charge on any atom is -0.383 e. The van der Waals surface area contributed by atoms with Gasteiger partial charge < -0.3 is 35.5 Å². The SMILES string of the molecule is Cc1nc(N)c2c(C(N)=O)cn([C@]3(C)O[C@H](COP(=O)(O)OP(=O)(O)O)C[C@H]3C)c2n1. The van der Waals surface area contributed by atoms with Crippen LogP contribution in [0.4, 0.5) is 5.82 Å². The van der Waals surface area contributed by atoms with Gasteiger partial charge in [0.25, 0.3) is 5.91 Å². The topological polar surface area (TPSA) is 222 Å². The van der Waals surface area contributed by atoms with E-state index in [1.165, 1.54) is 6.20 Å². The van der Waals surface area contributed by atoms with Gasteiger partial charge in [-0.15, -0.1) is 0 Å². The van der Waals surface area contributed by atoms with Crippen molar-refractivity contribution in [2.24, 2.45) is 11.7 Å². The first-order chi connectivity index (χ1) is 14.1. The van der Waals surface area contributed by atoms with Gasteiger partial charge in [-0.25, -0.2) is 19.1 Å². The Labute approximate surface area is 176 Å². The average molecular weight is 479 g/mol. The van der Waals surface area contributed by atoms with Crippen LogP contribution in [0, 0.1) is 12.8 Å². The number of aryl methyl sites for hydroxylation is 1. The number of ether oxygens (including phenoxy) is 1. The van der Waals surface area contributed by atoms with Crippen LogP contribution in [-0.2, 0) is 28.4 Å². The summed E-state index contributed by atoms with van der Waals surface area (Å²) in [4.78, 5) is 47.3. The predicted molar refractivity (Wildman–Crippen MR) is 106 cm³/mol. The van der Waals surface area contributed by atoms with Crippen LogP contribution in [0.5, 0.6) is 0 Å². The summed E-state index contributed by atoms with van der Waals surface area (Å²) in [5.74, 6) is -0.493. The summed E-state index contributed by atoms with van der Waals surface area (Å²) in [5, 5.41) is 0.282. The highest BCUT2D eigenvalue weighted by molar-refractivity contribution is 7.60. The van der Waals surface area contributed by atoms with Gasteiger partial charge in [0.1, 0.15) is 23.0 Å². The number of anilines is 1. The lowest BCUT2D eigenvalue weighted by Gasteiger charge is -2.31.